The smallest absolute Gasteiger partial charge is 0.163 e. The highest BCUT2D eigenvalue weighted by Gasteiger charge is 2.29. The second-order valence-corrected chi connectivity index (χ2v) is 5.02. The van der Waals surface area contributed by atoms with Crippen molar-refractivity contribution >= 4 is 0 Å². The number of halogens is 2. The number of benzene rings is 1. The van der Waals surface area contributed by atoms with Gasteiger partial charge in [0.25, 0.3) is 0 Å². The summed E-state index contributed by atoms with van der Waals surface area (Å²) in [5.41, 5.74) is 0.610. The molecule has 0 amide bonds. The second-order valence-electron chi connectivity index (χ2n) is 5.02. The molecule has 1 aromatic rings. The van der Waals surface area contributed by atoms with E-state index in [1.165, 1.54) is 0 Å². The van der Waals surface area contributed by atoms with Crippen LogP contribution in [0.3, 0.4) is 0 Å². The van der Waals surface area contributed by atoms with Crippen LogP contribution in [-0.2, 0) is 9.47 Å². The van der Waals surface area contributed by atoms with E-state index < -0.39 is 17.7 Å². The molecule has 0 spiro atoms. The average molecular weight is 285 g/mol. The molecule has 0 radical (unpaired) electrons. The molecule has 2 rings (SSSR count). The number of hydrogen-bond donors (Lipinski definition) is 1. The number of aryl methyl sites for hydroxylation is 1. The Morgan fingerprint density at radius 3 is 2.75 bits per heavy atom. The summed E-state index contributed by atoms with van der Waals surface area (Å²) in [6.45, 7) is 5.69. The van der Waals surface area contributed by atoms with Gasteiger partial charge in [-0.2, -0.15) is 0 Å². The Morgan fingerprint density at radius 1 is 1.30 bits per heavy atom. The van der Waals surface area contributed by atoms with Crippen molar-refractivity contribution in [1.82, 2.24) is 5.32 Å². The Morgan fingerprint density at radius 2 is 2.10 bits per heavy atom. The van der Waals surface area contributed by atoms with E-state index in [9.17, 15) is 8.78 Å². The van der Waals surface area contributed by atoms with Crippen LogP contribution in [0.4, 0.5) is 8.78 Å². The maximum Gasteiger partial charge on any atom is 0.163 e. The Bertz CT molecular complexity index is 448. The van der Waals surface area contributed by atoms with Crippen LogP contribution in [0.5, 0.6) is 0 Å². The summed E-state index contributed by atoms with van der Waals surface area (Å²) in [5.74, 6) is -1.59. The highest BCUT2D eigenvalue weighted by Crippen LogP contribution is 2.26. The van der Waals surface area contributed by atoms with Gasteiger partial charge in [-0.05, 0) is 25.5 Å². The molecule has 1 aliphatic rings. The number of rotatable bonds is 5. The van der Waals surface area contributed by atoms with Crippen LogP contribution in [-0.4, -0.2) is 32.5 Å². The molecule has 1 aliphatic heterocycles. The Kier molecular flexibility index (Phi) is 5.46. The zero-order valence-corrected chi connectivity index (χ0v) is 11.9. The first-order valence-electron chi connectivity index (χ1n) is 7.02. The van der Waals surface area contributed by atoms with Crippen molar-refractivity contribution in [3.63, 3.8) is 0 Å². The van der Waals surface area contributed by atoms with Gasteiger partial charge in [0.15, 0.2) is 11.6 Å². The SMILES string of the molecule is CCCNC(c1ccc(C)c(F)c1F)C1COCCO1. The van der Waals surface area contributed by atoms with Gasteiger partial charge in [-0.25, -0.2) is 8.78 Å². The van der Waals surface area contributed by atoms with E-state index in [0.29, 0.717) is 37.5 Å². The van der Waals surface area contributed by atoms with Crippen LogP contribution in [0.1, 0.15) is 30.5 Å². The summed E-state index contributed by atoms with van der Waals surface area (Å²) in [6.07, 6.45) is 0.604. The van der Waals surface area contributed by atoms with E-state index in [0.717, 1.165) is 6.42 Å². The monoisotopic (exact) mass is 285 g/mol. The highest BCUT2D eigenvalue weighted by atomic mass is 19.2. The topological polar surface area (TPSA) is 30.5 Å². The summed E-state index contributed by atoms with van der Waals surface area (Å²) < 4.78 is 39.0. The molecule has 1 fully saturated rings. The fourth-order valence-corrected chi connectivity index (χ4v) is 2.34. The molecule has 0 aliphatic carbocycles. The van der Waals surface area contributed by atoms with Crippen LogP contribution in [0.15, 0.2) is 12.1 Å². The first-order valence-corrected chi connectivity index (χ1v) is 7.02. The predicted molar refractivity (Wildman–Crippen MR) is 72.7 cm³/mol. The molecule has 5 heteroatoms. The molecule has 0 aromatic heterocycles. The third-order valence-corrected chi connectivity index (χ3v) is 3.47. The van der Waals surface area contributed by atoms with E-state index in [-0.39, 0.29) is 6.10 Å². The average Bonchev–Trinajstić information content (AvgIpc) is 2.48. The lowest BCUT2D eigenvalue weighted by molar-refractivity contribution is -0.102. The molecule has 0 bridgehead atoms. The fourth-order valence-electron chi connectivity index (χ4n) is 2.34. The van der Waals surface area contributed by atoms with Crippen LogP contribution in [0.25, 0.3) is 0 Å². The van der Waals surface area contributed by atoms with Crippen molar-refractivity contribution in [3.05, 3.63) is 34.9 Å². The highest BCUT2D eigenvalue weighted by molar-refractivity contribution is 5.28. The quantitative estimate of drug-likeness (QED) is 0.902. The van der Waals surface area contributed by atoms with Gasteiger partial charge in [-0.3, -0.25) is 0 Å². The van der Waals surface area contributed by atoms with Gasteiger partial charge in [0, 0.05) is 5.56 Å². The minimum atomic E-state index is -0.798. The summed E-state index contributed by atoms with van der Waals surface area (Å²) in [5, 5.41) is 3.23. The lowest BCUT2D eigenvalue weighted by Crippen LogP contribution is -2.41. The standard InChI is InChI=1S/C15H21F2NO2/c1-3-6-18-15(12-9-19-7-8-20-12)11-5-4-10(2)13(16)14(11)17/h4-5,12,15,18H,3,6-9H2,1-2H3. The Labute approximate surface area is 118 Å². The van der Waals surface area contributed by atoms with Gasteiger partial charge in [-0.15, -0.1) is 0 Å². The Hall–Kier alpha value is -1.04. The van der Waals surface area contributed by atoms with Crippen molar-refractivity contribution in [2.45, 2.75) is 32.4 Å². The molecule has 20 heavy (non-hydrogen) atoms. The largest absolute Gasteiger partial charge is 0.376 e. The molecule has 1 N–H and O–H groups in total. The van der Waals surface area contributed by atoms with Gasteiger partial charge in [0.1, 0.15) is 6.10 Å². The molecule has 1 heterocycles. The zero-order valence-electron chi connectivity index (χ0n) is 11.9. The van der Waals surface area contributed by atoms with Gasteiger partial charge < -0.3 is 14.8 Å². The van der Waals surface area contributed by atoms with E-state index in [1.807, 2.05) is 6.92 Å². The predicted octanol–water partition coefficient (Wildman–Crippen LogP) is 2.73. The van der Waals surface area contributed by atoms with E-state index in [2.05, 4.69) is 5.32 Å². The summed E-state index contributed by atoms with van der Waals surface area (Å²) in [6, 6.07) is 2.82. The number of hydrogen-bond acceptors (Lipinski definition) is 3. The maximum absolute atomic E-state index is 14.2. The Balaban J connectivity index is 2.27. The summed E-state index contributed by atoms with van der Waals surface area (Å²) in [4.78, 5) is 0. The maximum atomic E-state index is 14.2. The van der Waals surface area contributed by atoms with Gasteiger partial charge >= 0.3 is 0 Å². The van der Waals surface area contributed by atoms with Crippen LogP contribution >= 0.6 is 0 Å². The summed E-state index contributed by atoms with van der Waals surface area (Å²) in [7, 11) is 0. The third-order valence-electron chi connectivity index (χ3n) is 3.47. The van der Waals surface area contributed by atoms with E-state index >= 15 is 0 Å². The van der Waals surface area contributed by atoms with Crippen molar-refractivity contribution in [2.24, 2.45) is 0 Å². The molecular formula is C15H21F2NO2. The molecule has 1 aromatic carbocycles. The molecule has 0 saturated carbocycles. The number of ether oxygens (including phenoxy) is 2. The minimum absolute atomic E-state index is 0.299. The van der Waals surface area contributed by atoms with Crippen LogP contribution in [0, 0.1) is 18.6 Å². The molecule has 3 nitrogen and oxygen atoms in total. The van der Waals surface area contributed by atoms with Crippen LogP contribution < -0.4 is 5.32 Å². The zero-order chi connectivity index (χ0) is 14.5. The molecule has 2 unspecified atom stereocenters. The van der Waals surface area contributed by atoms with Crippen molar-refractivity contribution in [3.8, 4) is 0 Å². The molecule has 112 valence electrons. The molecule has 2 atom stereocenters. The lowest BCUT2D eigenvalue weighted by atomic mass is 9.98. The van der Waals surface area contributed by atoms with E-state index in [4.69, 9.17) is 9.47 Å². The molecule has 1 saturated heterocycles. The first kappa shape index (κ1) is 15.4. The van der Waals surface area contributed by atoms with Crippen molar-refractivity contribution in [2.75, 3.05) is 26.4 Å². The number of nitrogens with one attached hydrogen (secondary N) is 1. The lowest BCUT2D eigenvalue weighted by Gasteiger charge is -2.31. The minimum Gasteiger partial charge on any atom is -0.376 e. The third kappa shape index (κ3) is 3.34. The van der Waals surface area contributed by atoms with Crippen LogP contribution in [0.2, 0.25) is 0 Å². The van der Waals surface area contributed by atoms with Gasteiger partial charge in [0.2, 0.25) is 0 Å². The molecular weight excluding hydrogens is 264 g/mol. The normalized spacial score (nSPS) is 20.9. The van der Waals surface area contributed by atoms with Crippen molar-refractivity contribution < 1.29 is 18.3 Å². The van der Waals surface area contributed by atoms with Gasteiger partial charge in [0.05, 0.1) is 25.9 Å². The second kappa shape index (κ2) is 7.11. The van der Waals surface area contributed by atoms with Crippen molar-refractivity contribution in [1.29, 1.82) is 0 Å². The van der Waals surface area contributed by atoms with Gasteiger partial charge in [-0.1, -0.05) is 19.1 Å². The first-order chi connectivity index (χ1) is 9.65. The summed E-state index contributed by atoms with van der Waals surface area (Å²) >= 11 is 0. The fraction of sp³-hybridized carbons (Fsp3) is 0.600. The van der Waals surface area contributed by atoms with E-state index in [1.54, 1.807) is 19.1 Å².